The zero-order valence-corrected chi connectivity index (χ0v) is 14.7. The SMILES string of the molecule is CCCCc1ccc(C(=O)N2CCS[C@@H]2c2cccn2C)cc1. The maximum atomic E-state index is 12.9. The van der Waals surface area contributed by atoms with E-state index in [2.05, 4.69) is 29.7 Å². The molecule has 4 heteroatoms. The van der Waals surface area contributed by atoms with Gasteiger partial charge in [0.15, 0.2) is 0 Å². The second-order valence-corrected chi connectivity index (χ2v) is 7.25. The standard InChI is InChI=1S/C19H24N2OS/c1-3-4-6-15-8-10-16(11-9-15)18(22)21-13-14-23-19(21)17-7-5-12-20(17)2/h5,7-12,19H,3-4,6,13-14H2,1-2H3/t19-/m1/s1. The molecule has 1 aliphatic rings. The summed E-state index contributed by atoms with van der Waals surface area (Å²) in [7, 11) is 2.04. The highest BCUT2D eigenvalue weighted by atomic mass is 32.2. The number of nitrogens with zero attached hydrogens (tertiary/aromatic N) is 2. The minimum absolute atomic E-state index is 0.127. The molecule has 0 bridgehead atoms. The molecule has 23 heavy (non-hydrogen) atoms. The lowest BCUT2D eigenvalue weighted by Gasteiger charge is -2.24. The summed E-state index contributed by atoms with van der Waals surface area (Å²) in [5.74, 6) is 1.14. The Morgan fingerprint density at radius 2 is 2.04 bits per heavy atom. The highest BCUT2D eigenvalue weighted by Gasteiger charge is 2.32. The summed E-state index contributed by atoms with van der Waals surface area (Å²) in [6.45, 7) is 3.02. The second kappa shape index (κ2) is 7.26. The highest BCUT2D eigenvalue weighted by Crippen LogP contribution is 2.38. The van der Waals surface area contributed by atoms with Crippen LogP contribution in [0.3, 0.4) is 0 Å². The fourth-order valence-electron chi connectivity index (χ4n) is 3.01. The molecule has 1 saturated heterocycles. The van der Waals surface area contributed by atoms with Crippen LogP contribution in [-0.2, 0) is 13.5 Å². The van der Waals surface area contributed by atoms with Crippen molar-refractivity contribution >= 4 is 17.7 Å². The van der Waals surface area contributed by atoms with Crippen molar-refractivity contribution in [1.82, 2.24) is 9.47 Å². The van der Waals surface area contributed by atoms with E-state index < -0.39 is 0 Å². The van der Waals surface area contributed by atoms with Crippen LogP contribution in [0.5, 0.6) is 0 Å². The van der Waals surface area contributed by atoms with Crippen molar-refractivity contribution in [3.8, 4) is 0 Å². The van der Waals surface area contributed by atoms with Gasteiger partial charge in [-0.05, 0) is 42.7 Å². The number of thioether (sulfide) groups is 1. The molecule has 3 nitrogen and oxygen atoms in total. The molecule has 122 valence electrons. The van der Waals surface area contributed by atoms with Crippen LogP contribution in [0.15, 0.2) is 42.6 Å². The van der Waals surface area contributed by atoms with Crippen LogP contribution in [0.25, 0.3) is 0 Å². The molecule has 1 aromatic carbocycles. The number of hydrogen-bond acceptors (Lipinski definition) is 2. The second-order valence-electron chi connectivity index (χ2n) is 6.07. The van der Waals surface area contributed by atoms with Crippen molar-refractivity contribution in [2.75, 3.05) is 12.3 Å². The molecule has 2 aromatic rings. The van der Waals surface area contributed by atoms with Gasteiger partial charge in [-0.3, -0.25) is 4.79 Å². The molecule has 0 spiro atoms. The number of rotatable bonds is 5. The maximum absolute atomic E-state index is 12.9. The van der Waals surface area contributed by atoms with Crippen molar-refractivity contribution in [1.29, 1.82) is 0 Å². The van der Waals surface area contributed by atoms with Gasteiger partial charge in [-0.1, -0.05) is 25.5 Å². The van der Waals surface area contributed by atoms with Gasteiger partial charge in [-0.15, -0.1) is 11.8 Å². The Bertz CT molecular complexity index is 662. The third-order valence-corrected chi connectivity index (χ3v) is 5.64. The summed E-state index contributed by atoms with van der Waals surface area (Å²) < 4.78 is 2.11. The largest absolute Gasteiger partial charge is 0.352 e. The van der Waals surface area contributed by atoms with E-state index in [0.29, 0.717) is 0 Å². The molecule has 0 aliphatic carbocycles. The Morgan fingerprint density at radius 1 is 1.26 bits per heavy atom. The lowest BCUT2D eigenvalue weighted by Crippen LogP contribution is -2.31. The summed E-state index contributed by atoms with van der Waals surface area (Å²) in [5, 5.41) is 0.127. The van der Waals surface area contributed by atoms with Crippen molar-refractivity contribution in [3.63, 3.8) is 0 Å². The van der Waals surface area contributed by atoms with Crippen molar-refractivity contribution < 1.29 is 4.79 Å². The molecule has 1 amide bonds. The lowest BCUT2D eigenvalue weighted by atomic mass is 10.1. The van der Waals surface area contributed by atoms with E-state index in [1.54, 1.807) is 0 Å². The number of carbonyl (C=O) groups is 1. The van der Waals surface area contributed by atoms with Gasteiger partial charge in [0.2, 0.25) is 0 Å². The van der Waals surface area contributed by atoms with E-state index in [0.717, 1.165) is 24.3 Å². The van der Waals surface area contributed by atoms with Gasteiger partial charge in [-0.25, -0.2) is 0 Å². The van der Waals surface area contributed by atoms with Crippen LogP contribution in [0.4, 0.5) is 0 Å². The lowest BCUT2D eigenvalue weighted by molar-refractivity contribution is 0.0757. The predicted octanol–water partition coefficient (Wildman–Crippen LogP) is 4.26. The number of hydrogen-bond donors (Lipinski definition) is 0. The summed E-state index contributed by atoms with van der Waals surface area (Å²) in [4.78, 5) is 14.9. The van der Waals surface area contributed by atoms with E-state index in [1.165, 1.54) is 24.1 Å². The van der Waals surface area contributed by atoms with Gasteiger partial charge in [0.1, 0.15) is 5.37 Å². The molecule has 1 atom stereocenters. The third-order valence-electron chi connectivity index (χ3n) is 4.41. The maximum Gasteiger partial charge on any atom is 0.255 e. The van der Waals surface area contributed by atoms with Gasteiger partial charge in [0.25, 0.3) is 5.91 Å². The van der Waals surface area contributed by atoms with Crippen LogP contribution in [0.2, 0.25) is 0 Å². The zero-order chi connectivity index (χ0) is 16.2. The van der Waals surface area contributed by atoms with Gasteiger partial charge in [0, 0.05) is 31.1 Å². The number of aromatic nitrogens is 1. The molecule has 1 aliphatic heterocycles. The molecule has 1 fully saturated rings. The zero-order valence-electron chi connectivity index (χ0n) is 13.9. The van der Waals surface area contributed by atoms with Gasteiger partial charge in [0.05, 0.1) is 5.69 Å². The summed E-state index contributed by atoms with van der Waals surface area (Å²) in [6.07, 6.45) is 5.53. The number of benzene rings is 1. The molecular weight excluding hydrogens is 304 g/mol. The average Bonchev–Trinajstić information content (AvgIpc) is 3.21. The minimum Gasteiger partial charge on any atom is -0.352 e. The van der Waals surface area contributed by atoms with Crippen molar-refractivity contribution in [2.45, 2.75) is 31.6 Å². The Hall–Kier alpha value is -1.68. The highest BCUT2D eigenvalue weighted by molar-refractivity contribution is 7.99. The number of carbonyl (C=O) groups excluding carboxylic acids is 1. The number of amides is 1. The van der Waals surface area contributed by atoms with Crippen LogP contribution < -0.4 is 0 Å². The van der Waals surface area contributed by atoms with Gasteiger partial charge < -0.3 is 9.47 Å². The first-order chi connectivity index (χ1) is 11.2. The molecule has 0 radical (unpaired) electrons. The fraction of sp³-hybridized carbons (Fsp3) is 0.421. The number of unbranched alkanes of at least 4 members (excludes halogenated alkanes) is 1. The molecule has 2 heterocycles. The van der Waals surface area contributed by atoms with E-state index in [9.17, 15) is 4.79 Å². The molecule has 0 N–H and O–H groups in total. The Kier molecular flexibility index (Phi) is 5.11. The fourth-order valence-corrected chi connectivity index (χ4v) is 4.34. The Labute approximate surface area is 142 Å². The van der Waals surface area contributed by atoms with E-state index in [1.807, 2.05) is 48.1 Å². The van der Waals surface area contributed by atoms with Crippen molar-refractivity contribution in [3.05, 3.63) is 59.4 Å². The average molecular weight is 328 g/mol. The Morgan fingerprint density at radius 3 is 2.70 bits per heavy atom. The van der Waals surface area contributed by atoms with Crippen LogP contribution in [0, 0.1) is 0 Å². The third kappa shape index (κ3) is 3.47. The van der Waals surface area contributed by atoms with E-state index in [4.69, 9.17) is 0 Å². The van der Waals surface area contributed by atoms with Gasteiger partial charge in [-0.2, -0.15) is 0 Å². The molecule has 0 saturated carbocycles. The summed E-state index contributed by atoms with van der Waals surface area (Å²) >= 11 is 1.84. The summed E-state index contributed by atoms with van der Waals surface area (Å²) in [6, 6.07) is 12.3. The van der Waals surface area contributed by atoms with Gasteiger partial charge >= 0.3 is 0 Å². The number of aryl methyl sites for hydroxylation is 2. The molecule has 0 unspecified atom stereocenters. The van der Waals surface area contributed by atoms with E-state index >= 15 is 0 Å². The minimum atomic E-state index is 0.127. The first-order valence-corrected chi connectivity index (χ1v) is 9.38. The summed E-state index contributed by atoms with van der Waals surface area (Å²) in [5.41, 5.74) is 3.31. The smallest absolute Gasteiger partial charge is 0.255 e. The van der Waals surface area contributed by atoms with E-state index in [-0.39, 0.29) is 11.3 Å². The van der Waals surface area contributed by atoms with Crippen LogP contribution in [0.1, 0.15) is 46.8 Å². The first-order valence-electron chi connectivity index (χ1n) is 8.33. The Balaban J connectivity index is 1.75. The molecule has 3 rings (SSSR count). The molecular formula is C19H24N2OS. The van der Waals surface area contributed by atoms with Crippen LogP contribution >= 0.6 is 11.8 Å². The quantitative estimate of drug-likeness (QED) is 0.819. The molecule has 1 aromatic heterocycles. The van der Waals surface area contributed by atoms with Crippen molar-refractivity contribution in [2.24, 2.45) is 7.05 Å². The normalized spacial score (nSPS) is 17.7. The monoisotopic (exact) mass is 328 g/mol. The topological polar surface area (TPSA) is 25.2 Å². The predicted molar refractivity (Wildman–Crippen MR) is 96.7 cm³/mol. The van der Waals surface area contributed by atoms with Crippen LogP contribution in [-0.4, -0.2) is 27.7 Å². The first kappa shape index (κ1) is 16.2.